The number of halogens is 1. The molecule has 0 radical (unpaired) electrons. The van der Waals surface area contributed by atoms with Gasteiger partial charge in [-0.15, -0.1) is 0 Å². The third-order valence-corrected chi connectivity index (χ3v) is 3.01. The molecule has 5 heteroatoms. The Labute approximate surface area is 105 Å². The number of carboxylic acids is 1. The van der Waals surface area contributed by atoms with E-state index in [9.17, 15) is 4.79 Å². The first kappa shape index (κ1) is 12.2. The Hall–Kier alpha value is -1.29. The first-order chi connectivity index (χ1) is 8.13. The van der Waals surface area contributed by atoms with E-state index < -0.39 is 5.97 Å². The molecule has 0 aliphatic heterocycles. The molecule has 1 aliphatic carbocycles. The van der Waals surface area contributed by atoms with Crippen molar-refractivity contribution in [3.8, 4) is 0 Å². The van der Waals surface area contributed by atoms with Crippen LogP contribution in [0.25, 0.3) is 0 Å². The molecule has 0 spiro atoms. The van der Waals surface area contributed by atoms with Gasteiger partial charge in [-0.25, -0.2) is 9.78 Å². The molecule has 0 unspecified atom stereocenters. The first-order valence-corrected chi connectivity index (χ1v) is 6.17. The lowest BCUT2D eigenvalue weighted by Gasteiger charge is -2.24. The Morgan fingerprint density at radius 2 is 2.29 bits per heavy atom. The maximum atomic E-state index is 11.2. The molecule has 1 aromatic rings. The van der Waals surface area contributed by atoms with Crippen molar-refractivity contribution in [3.05, 3.63) is 22.8 Å². The van der Waals surface area contributed by atoms with Crippen molar-refractivity contribution in [2.45, 2.75) is 32.2 Å². The lowest BCUT2D eigenvalue weighted by molar-refractivity contribution is 0.0697. The summed E-state index contributed by atoms with van der Waals surface area (Å²) in [5.41, 5.74) is 0.231. The van der Waals surface area contributed by atoms with Crippen LogP contribution < -0.4 is 4.90 Å². The summed E-state index contributed by atoms with van der Waals surface area (Å²) in [6.45, 7) is 2.89. The molecule has 0 atom stereocenters. The molecule has 17 heavy (non-hydrogen) atoms. The summed E-state index contributed by atoms with van der Waals surface area (Å²) in [5, 5.41) is 9.51. The number of hydrogen-bond acceptors (Lipinski definition) is 3. The van der Waals surface area contributed by atoms with Gasteiger partial charge in [0.05, 0.1) is 0 Å². The molecular formula is C12H15ClN2O2. The standard InChI is InChI=1S/C12H15ClN2O2/c1-2-7-15(8-3-4-8)11-9(12(16)17)5-6-10(13)14-11/h5-6,8H,2-4,7H2,1H3,(H,16,17). The summed E-state index contributed by atoms with van der Waals surface area (Å²) in [6, 6.07) is 3.47. The van der Waals surface area contributed by atoms with Gasteiger partial charge in [-0.3, -0.25) is 0 Å². The van der Waals surface area contributed by atoms with Gasteiger partial charge in [-0.2, -0.15) is 0 Å². The summed E-state index contributed by atoms with van der Waals surface area (Å²) < 4.78 is 0. The van der Waals surface area contributed by atoms with E-state index in [4.69, 9.17) is 16.7 Å². The number of hydrogen-bond donors (Lipinski definition) is 1. The van der Waals surface area contributed by atoms with Crippen molar-refractivity contribution in [2.24, 2.45) is 0 Å². The smallest absolute Gasteiger partial charge is 0.339 e. The van der Waals surface area contributed by atoms with Crippen molar-refractivity contribution in [3.63, 3.8) is 0 Å². The van der Waals surface area contributed by atoms with Crippen molar-refractivity contribution in [1.29, 1.82) is 0 Å². The zero-order valence-electron chi connectivity index (χ0n) is 9.69. The van der Waals surface area contributed by atoms with E-state index in [2.05, 4.69) is 16.8 Å². The van der Waals surface area contributed by atoms with Crippen molar-refractivity contribution < 1.29 is 9.90 Å². The summed E-state index contributed by atoms with van der Waals surface area (Å²) in [7, 11) is 0. The summed E-state index contributed by atoms with van der Waals surface area (Å²) in [6.07, 6.45) is 3.17. The Morgan fingerprint density at radius 1 is 1.59 bits per heavy atom. The molecule has 4 nitrogen and oxygen atoms in total. The van der Waals surface area contributed by atoms with Crippen LogP contribution in [0.15, 0.2) is 12.1 Å². The van der Waals surface area contributed by atoms with Crippen LogP contribution in [0.4, 0.5) is 5.82 Å². The van der Waals surface area contributed by atoms with Gasteiger partial charge in [0.15, 0.2) is 0 Å². The van der Waals surface area contributed by atoms with Gasteiger partial charge in [0.25, 0.3) is 0 Å². The number of aromatic carboxylic acids is 1. The third kappa shape index (κ3) is 2.69. The van der Waals surface area contributed by atoms with Crippen LogP contribution in [-0.2, 0) is 0 Å². The van der Waals surface area contributed by atoms with E-state index in [1.54, 1.807) is 0 Å². The number of pyridine rings is 1. The summed E-state index contributed by atoms with van der Waals surface area (Å²) in [5.74, 6) is -0.444. The highest BCUT2D eigenvalue weighted by atomic mass is 35.5. The average molecular weight is 255 g/mol. The van der Waals surface area contributed by atoms with Crippen molar-refractivity contribution >= 4 is 23.4 Å². The molecule has 0 amide bonds. The molecule has 1 fully saturated rings. The second-order valence-electron chi connectivity index (χ2n) is 4.23. The molecule has 1 aromatic heterocycles. The third-order valence-electron chi connectivity index (χ3n) is 2.80. The van der Waals surface area contributed by atoms with Gasteiger partial charge in [0, 0.05) is 12.6 Å². The average Bonchev–Trinajstić information content (AvgIpc) is 3.09. The fraction of sp³-hybridized carbons (Fsp3) is 0.500. The van der Waals surface area contributed by atoms with Gasteiger partial charge in [-0.1, -0.05) is 18.5 Å². The van der Waals surface area contributed by atoms with Gasteiger partial charge < -0.3 is 10.0 Å². The lowest BCUT2D eigenvalue weighted by Crippen LogP contribution is -2.29. The number of carboxylic acid groups (broad SMARTS) is 1. The van der Waals surface area contributed by atoms with E-state index in [1.165, 1.54) is 12.1 Å². The highest BCUT2D eigenvalue weighted by Crippen LogP contribution is 2.33. The van der Waals surface area contributed by atoms with Gasteiger partial charge >= 0.3 is 5.97 Å². The Balaban J connectivity index is 2.39. The van der Waals surface area contributed by atoms with Crippen LogP contribution in [0.5, 0.6) is 0 Å². The lowest BCUT2D eigenvalue weighted by atomic mass is 10.2. The topological polar surface area (TPSA) is 53.4 Å². The predicted molar refractivity (Wildman–Crippen MR) is 66.9 cm³/mol. The molecule has 1 saturated carbocycles. The second kappa shape index (κ2) is 4.92. The zero-order chi connectivity index (χ0) is 12.4. The number of nitrogens with zero attached hydrogens (tertiary/aromatic N) is 2. The van der Waals surface area contributed by atoms with Crippen molar-refractivity contribution in [2.75, 3.05) is 11.4 Å². The quantitative estimate of drug-likeness (QED) is 0.821. The SMILES string of the molecule is CCCN(c1nc(Cl)ccc1C(=O)O)C1CC1. The normalized spacial score (nSPS) is 14.7. The van der Waals surface area contributed by atoms with Crippen LogP contribution >= 0.6 is 11.6 Å². The minimum absolute atomic E-state index is 0.231. The summed E-state index contributed by atoms with van der Waals surface area (Å²) in [4.78, 5) is 17.4. The minimum Gasteiger partial charge on any atom is -0.478 e. The number of aromatic nitrogens is 1. The van der Waals surface area contributed by atoms with Gasteiger partial charge in [-0.05, 0) is 31.4 Å². The molecular weight excluding hydrogens is 240 g/mol. The number of anilines is 1. The highest BCUT2D eigenvalue weighted by Gasteiger charge is 2.31. The maximum absolute atomic E-state index is 11.2. The molecule has 2 rings (SSSR count). The molecule has 0 aromatic carbocycles. The largest absolute Gasteiger partial charge is 0.478 e. The Bertz CT molecular complexity index is 433. The molecule has 1 N–H and O–H groups in total. The number of carbonyl (C=O) groups is 1. The second-order valence-corrected chi connectivity index (χ2v) is 4.62. The van der Waals surface area contributed by atoms with Crippen LogP contribution in [0, 0.1) is 0 Å². The predicted octanol–water partition coefficient (Wildman–Crippen LogP) is 2.81. The Morgan fingerprint density at radius 3 is 2.82 bits per heavy atom. The fourth-order valence-electron chi connectivity index (χ4n) is 1.90. The Kier molecular flexibility index (Phi) is 3.52. The zero-order valence-corrected chi connectivity index (χ0v) is 10.4. The van der Waals surface area contributed by atoms with Crippen LogP contribution in [0.3, 0.4) is 0 Å². The molecule has 0 bridgehead atoms. The first-order valence-electron chi connectivity index (χ1n) is 5.80. The molecule has 1 aliphatic rings. The summed E-state index contributed by atoms with van der Waals surface area (Å²) >= 11 is 5.86. The fourth-order valence-corrected chi connectivity index (χ4v) is 2.04. The van der Waals surface area contributed by atoms with E-state index in [1.807, 2.05) is 0 Å². The number of rotatable bonds is 5. The van der Waals surface area contributed by atoms with E-state index in [0.717, 1.165) is 25.8 Å². The monoisotopic (exact) mass is 254 g/mol. The molecule has 1 heterocycles. The van der Waals surface area contributed by atoms with Crippen LogP contribution in [0.2, 0.25) is 5.15 Å². The maximum Gasteiger partial charge on any atom is 0.339 e. The van der Waals surface area contributed by atoms with Crippen LogP contribution in [-0.4, -0.2) is 28.6 Å². The van der Waals surface area contributed by atoms with Gasteiger partial charge in [0.1, 0.15) is 16.5 Å². The highest BCUT2D eigenvalue weighted by molar-refractivity contribution is 6.29. The molecule has 92 valence electrons. The van der Waals surface area contributed by atoms with Gasteiger partial charge in [0.2, 0.25) is 0 Å². The molecule has 0 saturated heterocycles. The van der Waals surface area contributed by atoms with E-state index in [-0.39, 0.29) is 5.56 Å². The van der Waals surface area contributed by atoms with E-state index in [0.29, 0.717) is 17.0 Å². The van der Waals surface area contributed by atoms with Crippen LogP contribution in [0.1, 0.15) is 36.5 Å². The minimum atomic E-state index is -0.953. The van der Waals surface area contributed by atoms with E-state index >= 15 is 0 Å². The van der Waals surface area contributed by atoms with Crippen molar-refractivity contribution in [1.82, 2.24) is 4.98 Å².